The number of allylic oxidation sites excluding steroid dienone is 1. The topological polar surface area (TPSA) is 46.5 Å². The number of carbonyl (C=O) groups is 1. The number of ether oxygens (including phenoxy) is 1. The molecule has 0 aromatic heterocycles. The van der Waals surface area contributed by atoms with Crippen molar-refractivity contribution in [3.8, 4) is 0 Å². The molecule has 1 rings (SSSR count). The van der Waals surface area contributed by atoms with Gasteiger partial charge in [-0.1, -0.05) is 43.7 Å². The minimum atomic E-state index is -0.816. The Labute approximate surface area is 137 Å². The molecule has 1 unspecified atom stereocenters. The van der Waals surface area contributed by atoms with Gasteiger partial charge in [0.25, 0.3) is 0 Å². The lowest BCUT2D eigenvalue weighted by molar-refractivity contribution is -0.138. The van der Waals surface area contributed by atoms with Gasteiger partial charge in [0.05, 0.1) is 6.61 Å². The Morgan fingerprint density at radius 2 is 1.91 bits per heavy atom. The summed E-state index contributed by atoms with van der Waals surface area (Å²) in [5, 5.41) is 11.2. The summed E-state index contributed by atoms with van der Waals surface area (Å²) < 4.78 is 4.98. The van der Waals surface area contributed by atoms with E-state index in [4.69, 9.17) is 16.3 Å². The van der Waals surface area contributed by atoms with Crippen LogP contribution in [0.3, 0.4) is 0 Å². The molecule has 22 heavy (non-hydrogen) atoms. The van der Waals surface area contributed by atoms with Gasteiger partial charge < -0.3 is 9.84 Å². The molecule has 1 aromatic carbocycles. The fourth-order valence-corrected chi connectivity index (χ4v) is 2.12. The smallest absolute Gasteiger partial charge is 0.333 e. The number of rotatable bonds is 6. The Kier molecular flexibility index (Phi) is 7.36. The van der Waals surface area contributed by atoms with E-state index in [-0.39, 0.29) is 11.9 Å². The minimum Gasteiger partial charge on any atom is -0.463 e. The minimum absolute atomic E-state index is 0.239. The fourth-order valence-electron chi connectivity index (χ4n) is 1.99. The number of esters is 1. The summed E-state index contributed by atoms with van der Waals surface area (Å²) in [6, 6.07) is 7.01. The largest absolute Gasteiger partial charge is 0.463 e. The van der Waals surface area contributed by atoms with Gasteiger partial charge in [0.15, 0.2) is 0 Å². The third kappa shape index (κ3) is 5.66. The van der Waals surface area contributed by atoms with E-state index >= 15 is 0 Å². The van der Waals surface area contributed by atoms with Crippen LogP contribution in [0.1, 0.15) is 39.4 Å². The molecule has 0 bridgehead atoms. The van der Waals surface area contributed by atoms with Gasteiger partial charge in [-0.2, -0.15) is 0 Å². The molecule has 0 aliphatic rings. The Bertz CT molecular complexity index is 556. The molecule has 0 heterocycles. The second-order valence-corrected chi connectivity index (χ2v) is 5.85. The molecule has 120 valence electrons. The van der Waals surface area contributed by atoms with Crippen molar-refractivity contribution < 1.29 is 14.6 Å². The zero-order chi connectivity index (χ0) is 16.7. The summed E-state index contributed by atoms with van der Waals surface area (Å²) in [7, 11) is 0. The normalized spacial score (nSPS) is 14.1. The van der Waals surface area contributed by atoms with Crippen molar-refractivity contribution in [2.45, 2.75) is 33.8 Å². The zero-order valence-electron chi connectivity index (χ0n) is 13.5. The van der Waals surface area contributed by atoms with Gasteiger partial charge in [0.2, 0.25) is 0 Å². The number of hydrogen-bond acceptors (Lipinski definition) is 3. The Hall–Kier alpha value is -1.58. The zero-order valence-corrected chi connectivity index (χ0v) is 14.2. The van der Waals surface area contributed by atoms with Crippen LogP contribution in [0.4, 0.5) is 0 Å². The molecule has 3 nitrogen and oxygen atoms in total. The van der Waals surface area contributed by atoms with Crippen LogP contribution in [0.25, 0.3) is 0 Å². The van der Waals surface area contributed by atoms with Gasteiger partial charge in [-0.25, -0.2) is 4.79 Å². The highest BCUT2D eigenvalue weighted by Gasteiger charge is 2.14. The van der Waals surface area contributed by atoms with Gasteiger partial charge in [0, 0.05) is 10.6 Å². The molecule has 1 atom stereocenters. The van der Waals surface area contributed by atoms with Crippen LogP contribution in [0, 0.1) is 5.92 Å². The van der Waals surface area contributed by atoms with E-state index < -0.39 is 6.10 Å². The van der Waals surface area contributed by atoms with E-state index in [1.54, 1.807) is 44.2 Å². The molecule has 0 aliphatic heterocycles. The summed E-state index contributed by atoms with van der Waals surface area (Å²) in [5.41, 5.74) is 1.86. The lowest BCUT2D eigenvalue weighted by Crippen LogP contribution is -2.08. The molecule has 1 aromatic rings. The van der Waals surface area contributed by atoms with E-state index in [9.17, 15) is 9.90 Å². The van der Waals surface area contributed by atoms with Crippen molar-refractivity contribution in [1.82, 2.24) is 0 Å². The summed E-state index contributed by atoms with van der Waals surface area (Å²) >= 11 is 5.87. The average Bonchev–Trinajstić information content (AvgIpc) is 2.46. The van der Waals surface area contributed by atoms with Crippen LogP contribution in [0.5, 0.6) is 0 Å². The van der Waals surface area contributed by atoms with Crippen molar-refractivity contribution in [1.29, 1.82) is 0 Å². The van der Waals surface area contributed by atoms with Crippen LogP contribution >= 0.6 is 11.6 Å². The van der Waals surface area contributed by atoms with Crippen molar-refractivity contribution in [2.24, 2.45) is 5.92 Å². The van der Waals surface area contributed by atoms with Crippen molar-refractivity contribution in [3.05, 3.63) is 58.1 Å². The van der Waals surface area contributed by atoms with Gasteiger partial charge in [-0.05, 0) is 49.1 Å². The molecule has 0 saturated carbocycles. The number of halogens is 1. The summed E-state index contributed by atoms with van der Waals surface area (Å²) in [6.45, 7) is 7.80. The third-order valence-electron chi connectivity index (χ3n) is 3.01. The number of aliphatic hydroxyl groups is 1. The first-order valence-electron chi connectivity index (χ1n) is 7.35. The van der Waals surface area contributed by atoms with Crippen LogP contribution in [0.15, 0.2) is 47.6 Å². The first kappa shape index (κ1) is 18.5. The van der Waals surface area contributed by atoms with Crippen molar-refractivity contribution in [2.75, 3.05) is 6.61 Å². The molecular formula is C18H23ClO3. The highest BCUT2D eigenvalue weighted by Crippen LogP contribution is 2.26. The van der Waals surface area contributed by atoms with Crippen molar-refractivity contribution in [3.63, 3.8) is 0 Å². The first-order chi connectivity index (χ1) is 10.3. The van der Waals surface area contributed by atoms with Crippen LogP contribution < -0.4 is 0 Å². The van der Waals surface area contributed by atoms with E-state index in [1.807, 2.05) is 19.9 Å². The maximum Gasteiger partial charge on any atom is 0.333 e. The van der Waals surface area contributed by atoms with Gasteiger partial charge >= 0.3 is 5.97 Å². The van der Waals surface area contributed by atoms with Crippen LogP contribution in [0.2, 0.25) is 5.02 Å². The lowest BCUT2D eigenvalue weighted by atomic mass is 9.96. The average molecular weight is 323 g/mol. The number of carbonyl (C=O) groups excluding carboxylic acids is 1. The van der Waals surface area contributed by atoms with Crippen LogP contribution in [-0.4, -0.2) is 17.7 Å². The van der Waals surface area contributed by atoms with Gasteiger partial charge in [-0.15, -0.1) is 0 Å². The van der Waals surface area contributed by atoms with E-state index in [0.717, 1.165) is 5.56 Å². The standard InChI is InChI=1S/C18H23ClO3/c1-5-22-18(21)13(4)11-15(10-12(2)3)17(20)14-6-8-16(19)9-7-14/h6-12,17,20H,5H2,1-4H3/b13-11+,15-10+. The predicted octanol–water partition coefficient (Wildman–Crippen LogP) is 4.47. The molecule has 0 radical (unpaired) electrons. The number of benzene rings is 1. The Morgan fingerprint density at radius 1 is 1.32 bits per heavy atom. The molecule has 0 saturated heterocycles. The summed E-state index contributed by atoms with van der Waals surface area (Å²) in [4.78, 5) is 11.8. The Balaban J connectivity index is 3.10. The highest BCUT2D eigenvalue weighted by molar-refractivity contribution is 6.30. The summed E-state index contributed by atoms with van der Waals surface area (Å²) in [5.74, 6) is -0.136. The first-order valence-corrected chi connectivity index (χ1v) is 7.73. The maximum atomic E-state index is 11.8. The molecule has 1 N–H and O–H groups in total. The molecular weight excluding hydrogens is 300 g/mol. The second kappa shape index (κ2) is 8.76. The Morgan fingerprint density at radius 3 is 2.41 bits per heavy atom. The molecule has 0 aliphatic carbocycles. The SMILES string of the molecule is CCOC(=O)/C(C)=C/C(=C\C(C)C)C(O)c1ccc(Cl)cc1. The van der Waals surface area contributed by atoms with Crippen LogP contribution in [-0.2, 0) is 9.53 Å². The lowest BCUT2D eigenvalue weighted by Gasteiger charge is -2.15. The van der Waals surface area contributed by atoms with E-state index in [0.29, 0.717) is 22.8 Å². The fraction of sp³-hybridized carbons (Fsp3) is 0.389. The highest BCUT2D eigenvalue weighted by atomic mass is 35.5. The molecule has 0 fully saturated rings. The second-order valence-electron chi connectivity index (χ2n) is 5.41. The molecule has 0 spiro atoms. The molecule has 0 amide bonds. The monoisotopic (exact) mass is 322 g/mol. The maximum absolute atomic E-state index is 11.8. The quantitative estimate of drug-likeness (QED) is 0.477. The van der Waals surface area contributed by atoms with E-state index in [2.05, 4.69) is 0 Å². The van der Waals surface area contributed by atoms with Crippen molar-refractivity contribution >= 4 is 17.6 Å². The third-order valence-corrected chi connectivity index (χ3v) is 3.26. The number of aliphatic hydroxyl groups excluding tert-OH is 1. The van der Waals surface area contributed by atoms with Gasteiger partial charge in [0.1, 0.15) is 6.10 Å². The molecule has 4 heteroatoms. The number of hydrogen-bond donors (Lipinski definition) is 1. The van der Waals surface area contributed by atoms with E-state index in [1.165, 1.54) is 0 Å². The van der Waals surface area contributed by atoms with Gasteiger partial charge in [-0.3, -0.25) is 0 Å². The summed E-state index contributed by atoms with van der Waals surface area (Å²) in [6.07, 6.45) is 2.79. The predicted molar refractivity (Wildman–Crippen MR) is 89.7 cm³/mol.